The SMILES string of the molecule is [Fe+2].[O-]/C(c1ccc(Br)cc1)=c1/[nH]nnc1=C1C=CC=C1.c1cc[cH-]c1. The van der Waals surface area contributed by atoms with Gasteiger partial charge < -0.3 is 5.11 Å². The van der Waals surface area contributed by atoms with Gasteiger partial charge in [-0.05, 0) is 17.7 Å². The van der Waals surface area contributed by atoms with Crippen molar-refractivity contribution < 1.29 is 22.2 Å². The second-order valence-electron chi connectivity index (χ2n) is 5.01. The summed E-state index contributed by atoms with van der Waals surface area (Å²) >= 11 is 3.35. The molecule has 1 aliphatic carbocycles. The largest absolute Gasteiger partial charge is 2.00 e. The van der Waals surface area contributed by atoms with Crippen molar-refractivity contribution in [2.75, 3.05) is 0 Å². The van der Waals surface area contributed by atoms with Crippen LogP contribution in [0.2, 0.25) is 0 Å². The van der Waals surface area contributed by atoms with Gasteiger partial charge in [-0.15, -0.1) is 5.10 Å². The fraction of sp³-hybridized carbons (Fsp3) is 0. The molecular weight excluding hydrogens is 422 g/mol. The monoisotopic (exact) mass is 435 g/mol. The van der Waals surface area contributed by atoms with Crippen molar-refractivity contribution in [2.45, 2.75) is 0 Å². The molecule has 0 atom stereocenters. The van der Waals surface area contributed by atoms with Crippen LogP contribution in [0, 0.1) is 0 Å². The van der Waals surface area contributed by atoms with Gasteiger partial charge in [0.25, 0.3) is 0 Å². The molecule has 0 unspecified atom stereocenters. The molecule has 0 radical (unpaired) electrons. The third-order valence-corrected chi connectivity index (χ3v) is 3.90. The Bertz CT molecular complexity index is 939. The van der Waals surface area contributed by atoms with E-state index in [0.29, 0.717) is 16.3 Å². The number of halogens is 1. The van der Waals surface area contributed by atoms with E-state index >= 15 is 0 Å². The number of nitrogens with one attached hydrogen (secondary N) is 1. The summed E-state index contributed by atoms with van der Waals surface area (Å²) in [6, 6.07) is 17.2. The van der Waals surface area contributed by atoms with E-state index in [0.717, 1.165) is 10.0 Å². The predicted octanol–water partition coefficient (Wildman–Crippen LogP) is 1.76. The summed E-state index contributed by atoms with van der Waals surface area (Å²) in [5.74, 6) is -0.117. The van der Waals surface area contributed by atoms with E-state index < -0.39 is 0 Å². The van der Waals surface area contributed by atoms with E-state index in [1.165, 1.54) is 0 Å². The van der Waals surface area contributed by atoms with Crippen LogP contribution in [0.5, 0.6) is 0 Å². The first kappa shape index (κ1) is 19.1. The topological polar surface area (TPSA) is 64.6 Å². The minimum Gasteiger partial charge on any atom is -0.871 e. The minimum absolute atomic E-state index is 0. The Morgan fingerprint density at radius 2 is 1.68 bits per heavy atom. The Kier molecular flexibility index (Phi) is 7.07. The molecule has 4 rings (SSSR count). The smallest absolute Gasteiger partial charge is 0.871 e. The maximum atomic E-state index is 12.4. The Hall–Kier alpha value is -2.27. The minimum atomic E-state index is -0.117. The Morgan fingerprint density at radius 1 is 1.04 bits per heavy atom. The number of nitrogens with zero attached hydrogens (tertiary/aromatic N) is 2. The van der Waals surface area contributed by atoms with Crippen molar-refractivity contribution in [3.63, 3.8) is 0 Å². The van der Waals surface area contributed by atoms with Gasteiger partial charge in [-0.1, -0.05) is 63.3 Å². The zero-order valence-electron chi connectivity index (χ0n) is 13.0. The summed E-state index contributed by atoms with van der Waals surface area (Å²) in [4.78, 5) is 0. The Balaban J connectivity index is 0.000000325. The average molecular weight is 436 g/mol. The molecule has 0 saturated carbocycles. The Morgan fingerprint density at radius 3 is 2.24 bits per heavy atom. The normalized spacial score (nSPS) is 13.1. The molecule has 2 aromatic carbocycles. The van der Waals surface area contributed by atoms with E-state index in [1.54, 1.807) is 12.1 Å². The van der Waals surface area contributed by atoms with Crippen LogP contribution < -0.4 is 15.8 Å². The summed E-state index contributed by atoms with van der Waals surface area (Å²) in [5.41, 5.74) is 1.48. The van der Waals surface area contributed by atoms with E-state index in [-0.39, 0.29) is 22.8 Å². The molecule has 0 bridgehead atoms. The van der Waals surface area contributed by atoms with Gasteiger partial charge in [0.1, 0.15) is 5.35 Å². The van der Waals surface area contributed by atoms with E-state index in [9.17, 15) is 5.11 Å². The van der Waals surface area contributed by atoms with Gasteiger partial charge in [-0.2, -0.15) is 18.2 Å². The summed E-state index contributed by atoms with van der Waals surface area (Å²) in [5, 5.41) is 23.8. The number of rotatable bonds is 1. The molecule has 0 amide bonds. The molecule has 3 aromatic rings. The number of hydrogen-bond donors (Lipinski definition) is 1. The van der Waals surface area contributed by atoms with Gasteiger partial charge in [0.05, 0.1) is 5.35 Å². The fourth-order valence-electron chi connectivity index (χ4n) is 2.19. The quantitative estimate of drug-likeness (QED) is 0.468. The molecule has 1 N–H and O–H groups in total. The fourth-order valence-corrected chi connectivity index (χ4v) is 2.45. The van der Waals surface area contributed by atoms with Crippen LogP contribution in [-0.4, -0.2) is 15.4 Å². The molecule has 1 heterocycles. The van der Waals surface area contributed by atoms with Gasteiger partial charge in [-0.25, -0.2) is 12.1 Å². The van der Waals surface area contributed by atoms with Crippen LogP contribution in [0.15, 0.2) is 83.4 Å². The van der Waals surface area contributed by atoms with Crippen molar-refractivity contribution >= 4 is 27.3 Å². The third-order valence-electron chi connectivity index (χ3n) is 3.37. The molecule has 4 nitrogen and oxygen atoms in total. The first-order valence-electron chi connectivity index (χ1n) is 7.36. The van der Waals surface area contributed by atoms with Crippen molar-refractivity contribution in [3.8, 4) is 0 Å². The molecule has 1 aliphatic rings. The zero-order chi connectivity index (χ0) is 16.8. The maximum Gasteiger partial charge on any atom is 2.00 e. The number of allylic oxidation sites excluding steroid dienone is 4. The van der Waals surface area contributed by atoms with Gasteiger partial charge in [0, 0.05) is 10.0 Å². The third kappa shape index (κ3) is 4.86. The number of benzene rings is 1. The van der Waals surface area contributed by atoms with Gasteiger partial charge in [-0.3, -0.25) is 5.10 Å². The molecule has 126 valence electrons. The van der Waals surface area contributed by atoms with E-state index in [4.69, 9.17) is 0 Å². The first-order valence-corrected chi connectivity index (χ1v) is 8.15. The van der Waals surface area contributed by atoms with E-state index in [2.05, 4.69) is 31.3 Å². The van der Waals surface area contributed by atoms with Gasteiger partial charge in [0.15, 0.2) is 0 Å². The van der Waals surface area contributed by atoms with Crippen LogP contribution in [0.4, 0.5) is 0 Å². The maximum absolute atomic E-state index is 12.4. The molecule has 0 saturated heterocycles. The predicted molar refractivity (Wildman–Crippen MR) is 96.0 cm³/mol. The van der Waals surface area contributed by atoms with Crippen molar-refractivity contribution in [3.05, 3.63) is 99.6 Å². The van der Waals surface area contributed by atoms with Crippen LogP contribution in [0.1, 0.15) is 5.56 Å². The molecule has 0 fully saturated rings. The second-order valence-corrected chi connectivity index (χ2v) is 5.92. The Labute approximate surface area is 164 Å². The number of hydrogen-bond acceptors (Lipinski definition) is 3. The summed E-state index contributed by atoms with van der Waals surface area (Å²) in [7, 11) is 0. The van der Waals surface area contributed by atoms with Crippen molar-refractivity contribution in [2.24, 2.45) is 0 Å². The van der Waals surface area contributed by atoms with Crippen LogP contribution in [-0.2, 0) is 17.1 Å². The molecule has 6 heteroatoms. The van der Waals surface area contributed by atoms with Crippen LogP contribution >= 0.6 is 15.9 Å². The standard InChI is InChI=1S/C14H10BrN3O.C5H5.Fe/c15-11-7-5-10(6-8-11)14(19)13-12(16-18-17-13)9-3-1-2-4-9;1-2-4-5-3-1;/h1-8,19H,(H,16,17);1-5H;/q;-1;+2/p-1/b14-13+;;. The summed E-state index contributed by atoms with van der Waals surface area (Å²) < 4.78 is 0.933. The van der Waals surface area contributed by atoms with Crippen molar-refractivity contribution in [1.29, 1.82) is 0 Å². The molecular formula is C19H14BrFeN3O. The molecule has 1 aromatic heterocycles. The molecule has 25 heavy (non-hydrogen) atoms. The number of aromatic amines is 1. The zero-order valence-corrected chi connectivity index (χ0v) is 15.7. The molecule has 0 spiro atoms. The number of aromatic nitrogens is 3. The average Bonchev–Trinajstić information content (AvgIpc) is 3.38. The summed E-state index contributed by atoms with van der Waals surface area (Å²) in [6.07, 6.45) is 7.60. The van der Waals surface area contributed by atoms with E-state index in [1.807, 2.05) is 66.8 Å². The first-order chi connectivity index (χ1) is 11.8. The number of H-pyrrole nitrogens is 1. The van der Waals surface area contributed by atoms with Gasteiger partial charge in [0.2, 0.25) is 0 Å². The summed E-state index contributed by atoms with van der Waals surface area (Å²) in [6.45, 7) is 0. The second kappa shape index (κ2) is 9.27. The van der Waals surface area contributed by atoms with Gasteiger partial charge >= 0.3 is 17.1 Å². The van der Waals surface area contributed by atoms with Crippen molar-refractivity contribution in [1.82, 2.24) is 15.4 Å². The van der Waals surface area contributed by atoms with Crippen LogP contribution in [0.25, 0.3) is 11.3 Å². The van der Waals surface area contributed by atoms with Crippen LogP contribution in [0.3, 0.4) is 0 Å². The molecule has 0 aliphatic heterocycles.